The standard InChI is InChI=1S/C10H13N3O2S/c1-12(2)9(10(11)16)7-4-3-5-8(6-7)13(14)15/h3-6,9H,1-2H3,(H2,11,16). The summed E-state index contributed by atoms with van der Waals surface area (Å²) in [5.74, 6) is 0. The molecule has 0 aliphatic carbocycles. The van der Waals surface area contributed by atoms with E-state index in [1.54, 1.807) is 12.1 Å². The Bertz CT molecular complexity index is 420. The minimum Gasteiger partial charge on any atom is -0.392 e. The van der Waals surface area contributed by atoms with Gasteiger partial charge in [-0.05, 0) is 19.7 Å². The lowest BCUT2D eigenvalue weighted by atomic mass is 10.1. The minimum absolute atomic E-state index is 0.0422. The van der Waals surface area contributed by atoms with Crippen LogP contribution >= 0.6 is 12.2 Å². The highest BCUT2D eigenvalue weighted by molar-refractivity contribution is 7.80. The molecule has 0 saturated heterocycles. The summed E-state index contributed by atoms with van der Waals surface area (Å²) in [5, 5.41) is 10.6. The summed E-state index contributed by atoms with van der Waals surface area (Å²) in [7, 11) is 3.64. The summed E-state index contributed by atoms with van der Waals surface area (Å²) in [6.45, 7) is 0. The predicted octanol–water partition coefficient (Wildman–Crippen LogP) is 1.48. The van der Waals surface area contributed by atoms with Crippen LogP contribution in [0, 0.1) is 10.1 Å². The van der Waals surface area contributed by atoms with E-state index >= 15 is 0 Å². The molecule has 1 rings (SSSR count). The Morgan fingerprint density at radius 2 is 2.19 bits per heavy atom. The van der Waals surface area contributed by atoms with Gasteiger partial charge in [-0.2, -0.15) is 0 Å². The van der Waals surface area contributed by atoms with Crippen LogP contribution in [0.15, 0.2) is 24.3 Å². The number of non-ortho nitro benzene ring substituents is 1. The zero-order valence-corrected chi connectivity index (χ0v) is 9.90. The minimum atomic E-state index is -0.435. The van der Waals surface area contributed by atoms with Gasteiger partial charge < -0.3 is 5.73 Å². The Kier molecular flexibility index (Phi) is 3.92. The summed E-state index contributed by atoms with van der Waals surface area (Å²) < 4.78 is 0. The molecule has 1 aromatic rings. The van der Waals surface area contributed by atoms with Crippen LogP contribution in [-0.4, -0.2) is 28.9 Å². The van der Waals surface area contributed by atoms with Gasteiger partial charge in [0, 0.05) is 12.1 Å². The van der Waals surface area contributed by atoms with E-state index in [4.69, 9.17) is 18.0 Å². The molecule has 0 aliphatic heterocycles. The van der Waals surface area contributed by atoms with Gasteiger partial charge in [0.25, 0.3) is 5.69 Å². The molecule has 6 heteroatoms. The topological polar surface area (TPSA) is 72.4 Å². The summed E-state index contributed by atoms with van der Waals surface area (Å²) in [6.07, 6.45) is 0. The van der Waals surface area contributed by atoms with Crippen molar-refractivity contribution in [1.82, 2.24) is 4.90 Å². The largest absolute Gasteiger partial charge is 0.392 e. The second-order valence-electron chi connectivity index (χ2n) is 3.62. The highest BCUT2D eigenvalue weighted by Crippen LogP contribution is 2.22. The maximum Gasteiger partial charge on any atom is 0.269 e. The van der Waals surface area contributed by atoms with Gasteiger partial charge in [0.1, 0.15) is 0 Å². The van der Waals surface area contributed by atoms with Crippen molar-refractivity contribution in [3.8, 4) is 0 Å². The number of nitrogens with two attached hydrogens (primary N) is 1. The maximum atomic E-state index is 10.6. The third kappa shape index (κ3) is 2.74. The SMILES string of the molecule is CN(C)C(C(N)=S)c1cccc([N+](=O)[O-])c1. The predicted molar refractivity (Wildman–Crippen MR) is 66.3 cm³/mol. The lowest BCUT2D eigenvalue weighted by Gasteiger charge is -2.23. The van der Waals surface area contributed by atoms with Crippen molar-refractivity contribution < 1.29 is 4.92 Å². The fourth-order valence-corrected chi connectivity index (χ4v) is 1.87. The van der Waals surface area contributed by atoms with Crippen molar-refractivity contribution in [2.75, 3.05) is 14.1 Å². The summed E-state index contributed by atoms with van der Waals surface area (Å²) >= 11 is 4.95. The van der Waals surface area contributed by atoms with Crippen LogP contribution in [0.2, 0.25) is 0 Å². The van der Waals surface area contributed by atoms with Crippen molar-refractivity contribution in [2.24, 2.45) is 5.73 Å². The highest BCUT2D eigenvalue weighted by Gasteiger charge is 2.19. The van der Waals surface area contributed by atoms with Gasteiger partial charge in [-0.25, -0.2) is 0 Å². The van der Waals surface area contributed by atoms with Crippen molar-refractivity contribution in [3.63, 3.8) is 0 Å². The number of nitro groups is 1. The van der Waals surface area contributed by atoms with Crippen molar-refractivity contribution in [2.45, 2.75) is 6.04 Å². The lowest BCUT2D eigenvalue weighted by molar-refractivity contribution is -0.384. The molecule has 0 heterocycles. The first-order valence-corrected chi connectivity index (χ1v) is 5.04. The molecule has 0 saturated carbocycles. The molecule has 0 amide bonds. The van der Waals surface area contributed by atoms with Gasteiger partial charge in [0.2, 0.25) is 0 Å². The number of rotatable bonds is 4. The average molecular weight is 239 g/mol. The van der Waals surface area contributed by atoms with Crippen molar-refractivity contribution in [3.05, 3.63) is 39.9 Å². The van der Waals surface area contributed by atoms with E-state index in [1.165, 1.54) is 12.1 Å². The first-order valence-electron chi connectivity index (χ1n) is 4.63. The number of thiocarbonyl (C=S) groups is 1. The molecule has 5 nitrogen and oxygen atoms in total. The van der Waals surface area contributed by atoms with Crippen molar-refractivity contribution in [1.29, 1.82) is 0 Å². The van der Waals surface area contributed by atoms with E-state index in [-0.39, 0.29) is 11.7 Å². The van der Waals surface area contributed by atoms with Gasteiger partial charge in [0.15, 0.2) is 0 Å². The summed E-state index contributed by atoms with van der Waals surface area (Å²) in [5.41, 5.74) is 6.39. The molecule has 0 fully saturated rings. The molecule has 0 radical (unpaired) electrons. The second-order valence-corrected chi connectivity index (χ2v) is 4.09. The molecule has 1 aromatic carbocycles. The van der Waals surface area contributed by atoms with Gasteiger partial charge in [-0.1, -0.05) is 24.4 Å². The zero-order chi connectivity index (χ0) is 12.3. The fraction of sp³-hybridized carbons (Fsp3) is 0.300. The molecular formula is C10H13N3O2S. The second kappa shape index (κ2) is 5.00. The van der Waals surface area contributed by atoms with E-state index in [0.717, 1.165) is 5.56 Å². The Balaban J connectivity index is 3.15. The number of benzene rings is 1. The number of nitro benzene ring substituents is 1. The van der Waals surface area contributed by atoms with Gasteiger partial charge >= 0.3 is 0 Å². The number of hydrogen-bond donors (Lipinski definition) is 1. The smallest absolute Gasteiger partial charge is 0.269 e. The first kappa shape index (κ1) is 12.5. The fourth-order valence-electron chi connectivity index (χ4n) is 1.53. The maximum absolute atomic E-state index is 10.6. The third-order valence-electron chi connectivity index (χ3n) is 2.18. The number of hydrogen-bond acceptors (Lipinski definition) is 4. The molecule has 0 bridgehead atoms. The Morgan fingerprint density at radius 3 is 2.62 bits per heavy atom. The van der Waals surface area contributed by atoms with E-state index in [9.17, 15) is 10.1 Å². The number of nitrogens with zero attached hydrogens (tertiary/aromatic N) is 2. The third-order valence-corrected chi connectivity index (χ3v) is 2.41. The van der Waals surface area contributed by atoms with Crippen LogP contribution in [0.1, 0.15) is 11.6 Å². The monoisotopic (exact) mass is 239 g/mol. The van der Waals surface area contributed by atoms with Crippen LogP contribution in [0.4, 0.5) is 5.69 Å². The Labute approximate surface area is 99.0 Å². The molecule has 0 aliphatic rings. The molecule has 2 N–H and O–H groups in total. The van der Waals surface area contributed by atoms with Gasteiger partial charge in [-0.15, -0.1) is 0 Å². The summed E-state index contributed by atoms with van der Waals surface area (Å²) in [6, 6.07) is 6.05. The van der Waals surface area contributed by atoms with Crippen LogP contribution < -0.4 is 5.73 Å². The average Bonchev–Trinajstić information content (AvgIpc) is 2.16. The van der Waals surface area contributed by atoms with E-state index in [2.05, 4.69) is 0 Å². The molecule has 1 atom stereocenters. The van der Waals surface area contributed by atoms with Gasteiger partial charge in [-0.3, -0.25) is 15.0 Å². The lowest BCUT2D eigenvalue weighted by Crippen LogP contribution is -2.31. The first-order chi connectivity index (χ1) is 7.43. The van der Waals surface area contributed by atoms with Crippen molar-refractivity contribution >= 4 is 22.9 Å². The number of likely N-dealkylation sites (N-methyl/N-ethyl adjacent to an activating group) is 1. The van der Waals surface area contributed by atoms with Gasteiger partial charge in [0.05, 0.1) is 16.0 Å². The molecule has 86 valence electrons. The van der Waals surface area contributed by atoms with Crippen LogP contribution in [0.3, 0.4) is 0 Å². The zero-order valence-electron chi connectivity index (χ0n) is 9.08. The normalized spacial score (nSPS) is 12.4. The molecule has 1 unspecified atom stereocenters. The van der Waals surface area contributed by atoms with Crippen LogP contribution in [-0.2, 0) is 0 Å². The highest BCUT2D eigenvalue weighted by atomic mass is 32.1. The quantitative estimate of drug-likeness (QED) is 0.489. The summed E-state index contributed by atoms with van der Waals surface area (Å²) in [4.78, 5) is 12.3. The molecular weight excluding hydrogens is 226 g/mol. The molecule has 0 aromatic heterocycles. The van der Waals surface area contributed by atoms with Crippen LogP contribution in [0.5, 0.6) is 0 Å². The van der Waals surface area contributed by atoms with Crippen LogP contribution in [0.25, 0.3) is 0 Å². The Hall–Kier alpha value is -1.53. The molecule has 16 heavy (non-hydrogen) atoms. The molecule has 0 spiro atoms. The van der Waals surface area contributed by atoms with E-state index < -0.39 is 4.92 Å². The van der Waals surface area contributed by atoms with E-state index in [0.29, 0.717) is 4.99 Å². The van der Waals surface area contributed by atoms with E-state index in [1.807, 2.05) is 19.0 Å². The Morgan fingerprint density at radius 1 is 1.56 bits per heavy atom.